The number of benzene rings is 1. The van der Waals surface area contributed by atoms with Crippen LogP contribution >= 0.6 is 0 Å². The van der Waals surface area contributed by atoms with Crippen molar-refractivity contribution in [3.05, 3.63) is 30.1 Å². The SMILES string of the molecule is Cc1cccc2c(NC(CC(C)C)C(=O)O)ncnc12. The fraction of sp³-hybridized carbons (Fsp3) is 0.400. The molecule has 2 N–H and O–H groups in total. The summed E-state index contributed by atoms with van der Waals surface area (Å²) in [5, 5.41) is 13.2. The van der Waals surface area contributed by atoms with Crippen LogP contribution in [0.4, 0.5) is 5.82 Å². The summed E-state index contributed by atoms with van der Waals surface area (Å²) in [6.45, 7) is 5.97. The topological polar surface area (TPSA) is 75.1 Å². The summed E-state index contributed by atoms with van der Waals surface area (Å²) in [4.78, 5) is 19.8. The molecule has 1 atom stereocenters. The van der Waals surface area contributed by atoms with Crippen molar-refractivity contribution in [2.24, 2.45) is 5.92 Å². The van der Waals surface area contributed by atoms with E-state index in [1.54, 1.807) is 0 Å². The molecule has 1 unspecified atom stereocenters. The van der Waals surface area contributed by atoms with Gasteiger partial charge in [0, 0.05) is 5.39 Å². The smallest absolute Gasteiger partial charge is 0.326 e. The number of carboxylic acids is 1. The van der Waals surface area contributed by atoms with Crippen molar-refractivity contribution >= 4 is 22.7 Å². The van der Waals surface area contributed by atoms with Gasteiger partial charge in [0.25, 0.3) is 0 Å². The summed E-state index contributed by atoms with van der Waals surface area (Å²) < 4.78 is 0. The molecule has 2 rings (SSSR count). The predicted octanol–water partition coefficient (Wildman–Crippen LogP) is 2.85. The van der Waals surface area contributed by atoms with Crippen molar-refractivity contribution in [2.75, 3.05) is 5.32 Å². The van der Waals surface area contributed by atoms with Crippen molar-refractivity contribution in [3.8, 4) is 0 Å². The third kappa shape index (κ3) is 3.04. The zero-order valence-corrected chi connectivity index (χ0v) is 11.9. The summed E-state index contributed by atoms with van der Waals surface area (Å²) in [5.41, 5.74) is 1.89. The van der Waals surface area contributed by atoms with Crippen LogP contribution < -0.4 is 5.32 Å². The van der Waals surface area contributed by atoms with Gasteiger partial charge in [-0.15, -0.1) is 0 Å². The number of rotatable bonds is 5. The number of aryl methyl sites for hydroxylation is 1. The zero-order valence-electron chi connectivity index (χ0n) is 11.9. The molecule has 1 aromatic heterocycles. The third-order valence-electron chi connectivity index (χ3n) is 3.18. The van der Waals surface area contributed by atoms with Crippen LogP contribution in [0, 0.1) is 12.8 Å². The maximum absolute atomic E-state index is 11.3. The summed E-state index contributed by atoms with van der Waals surface area (Å²) in [6.07, 6.45) is 2.01. The van der Waals surface area contributed by atoms with Gasteiger partial charge in [0.1, 0.15) is 18.2 Å². The van der Waals surface area contributed by atoms with E-state index in [2.05, 4.69) is 15.3 Å². The number of para-hydroxylation sites is 1. The van der Waals surface area contributed by atoms with Crippen molar-refractivity contribution in [1.29, 1.82) is 0 Å². The van der Waals surface area contributed by atoms with E-state index in [0.29, 0.717) is 18.2 Å². The number of anilines is 1. The molecular weight excluding hydrogens is 254 g/mol. The fourth-order valence-electron chi connectivity index (χ4n) is 2.21. The minimum absolute atomic E-state index is 0.290. The first kappa shape index (κ1) is 14.2. The molecule has 0 aliphatic heterocycles. The summed E-state index contributed by atoms with van der Waals surface area (Å²) >= 11 is 0. The largest absolute Gasteiger partial charge is 0.480 e. The molecule has 5 nitrogen and oxygen atoms in total. The van der Waals surface area contributed by atoms with Crippen LogP contribution in [0.2, 0.25) is 0 Å². The van der Waals surface area contributed by atoms with Crippen LogP contribution in [0.3, 0.4) is 0 Å². The second-order valence-corrected chi connectivity index (χ2v) is 5.36. The van der Waals surface area contributed by atoms with E-state index in [-0.39, 0.29) is 0 Å². The minimum Gasteiger partial charge on any atom is -0.480 e. The van der Waals surface area contributed by atoms with Crippen molar-refractivity contribution < 1.29 is 9.90 Å². The number of aliphatic carboxylic acids is 1. The maximum Gasteiger partial charge on any atom is 0.326 e. The molecule has 1 aromatic carbocycles. The van der Waals surface area contributed by atoms with Crippen LogP contribution in [-0.4, -0.2) is 27.1 Å². The number of nitrogens with one attached hydrogen (secondary N) is 1. The average Bonchev–Trinajstić information content (AvgIpc) is 2.38. The number of hydrogen-bond donors (Lipinski definition) is 2. The number of carbonyl (C=O) groups is 1. The first-order valence-corrected chi connectivity index (χ1v) is 6.68. The molecule has 5 heteroatoms. The van der Waals surface area contributed by atoms with Gasteiger partial charge in [-0.25, -0.2) is 14.8 Å². The molecule has 20 heavy (non-hydrogen) atoms. The van der Waals surface area contributed by atoms with E-state index in [9.17, 15) is 9.90 Å². The quantitative estimate of drug-likeness (QED) is 0.876. The standard InChI is InChI=1S/C15H19N3O2/c1-9(2)7-12(15(19)20)18-14-11-6-4-5-10(3)13(11)16-8-17-14/h4-6,8-9,12H,7H2,1-3H3,(H,19,20)(H,16,17,18). The highest BCUT2D eigenvalue weighted by Gasteiger charge is 2.20. The lowest BCUT2D eigenvalue weighted by Crippen LogP contribution is -2.31. The van der Waals surface area contributed by atoms with Gasteiger partial charge in [-0.1, -0.05) is 26.0 Å². The van der Waals surface area contributed by atoms with E-state index in [4.69, 9.17) is 0 Å². The van der Waals surface area contributed by atoms with Gasteiger partial charge < -0.3 is 10.4 Å². The first-order chi connectivity index (χ1) is 9.49. The highest BCUT2D eigenvalue weighted by molar-refractivity contribution is 5.92. The summed E-state index contributed by atoms with van der Waals surface area (Å²) in [5.74, 6) is 0.00306. The zero-order chi connectivity index (χ0) is 14.7. The average molecular weight is 273 g/mol. The molecule has 2 aromatic rings. The molecule has 106 valence electrons. The number of hydrogen-bond acceptors (Lipinski definition) is 4. The molecule has 0 spiro atoms. The van der Waals surface area contributed by atoms with Crippen LogP contribution in [-0.2, 0) is 4.79 Å². The molecular formula is C15H19N3O2. The second-order valence-electron chi connectivity index (χ2n) is 5.36. The molecule has 0 saturated heterocycles. The normalized spacial score (nSPS) is 12.6. The van der Waals surface area contributed by atoms with Crippen LogP contribution in [0.1, 0.15) is 25.8 Å². The Morgan fingerprint density at radius 1 is 1.35 bits per heavy atom. The lowest BCUT2D eigenvalue weighted by atomic mass is 10.0. The van der Waals surface area contributed by atoms with Gasteiger partial charge in [-0.2, -0.15) is 0 Å². The number of nitrogens with zero attached hydrogens (tertiary/aromatic N) is 2. The van der Waals surface area contributed by atoms with Gasteiger partial charge in [0.05, 0.1) is 5.52 Å². The Bertz CT molecular complexity index is 626. The van der Waals surface area contributed by atoms with Crippen molar-refractivity contribution in [2.45, 2.75) is 33.2 Å². The Morgan fingerprint density at radius 3 is 2.75 bits per heavy atom. The summed E-state index contributed by atoms with van der Waals surface area (Å²) in [6, 6.07) is 5.15. The number of aromatic nitrogens is 2. The molecule has 0 aliphatic rings. The molecule has 1 heterocycles. The fourth-order valence-corrected chi connectivity index (χ4v) is 2.21. The monoisotopic (exact) mass is 273 g/mol. The van der Waals surface area contributed by atoms with Crippen molar-refractivity contribution in [3.63, 3.8) is 0 Å². The highest BCUT2D eigenvalue weighted by atomic mass is 16.4. The molecule has 0 fully saturated rings. The highest BCUT2D eigenvalue weighted by Crippen LogP contribution is 2.23. The molecule has 0 amide bonds. The lowest BCUT2D eigenvalue weighted by molar-refractivity contribution is -0.138. The van der Waals surface area contributed by atoms with E-state index >= 15 is 0 Å². The molecule has 0 bridgehead atoms. The van der Waals surface area contributed by atoms with E-state index < -0.39 is 12.0 Å². The minimum atomic E-state index is -0.863. The van der Waals surface area contributed by atoms with Gasteiger partial charge >= 0.3 is 5.97 Å². The third-order valence-corrected chi connectivity index (χ3v) is 3.18. The van der Waals surface area contributed by atoms with Gasteiger partial charge in [0.2, 0.25) is 0 Å². The van der Waals surface area contributed by atoms with Crippen LogP contribution in [0.5, 0.6) is 0 Å². The Hall–Kier alpha value is -2.17. The Labute approximate surface area is 118 Å². The Morgan fingerprint density at radius 2 is 2.10 bits per heavy atom. The predicted molar refractivity (Wildman–Crippen MR) is 78.8 cm³/mol. The summed E-state index contributed by atoms with van der Waals surface area (Å²) in [7, 11) is 0. The van der Waals surface area contributed by atoms with Gasteiger partial charge in [0.15, 0.2) is 0 Å². The lowest BCUT2D eigenvalue weighted by Gasteiger charge is -2.18. The van der Waals surface area contributed by atoms with Gasteiger partial charge in [-0.3, -0.25) is 0 Å². The molecule has 0 saturated carbocycles. The molecule has 0 radical (unpaired) electrons. The molecule has 0 aliphatic carbocycles. The van der Waals surface area contributed by atoms with E-state index in [1.165, 1.54) is 6.33 Å². The van der Waals surface area contributed by atoms with Crippen molar-refractivity contribution in [1.82, 2.24) is 9.97 Å². The Kier molecular flexibility index (Phi) is 4.17. The van der Waals surface area contributed by atoms with Gasteiger partial charge in [-0.05, 0) is 30.9 Å². The van der Waals surface area contributed by atoms with Crippen LogP contribution in [0.25, 0.3) is 10.9 Å². The maximum atomic E-state index is 11.3. The number of fused-ring (bicyclic) bond motifs is 1. The second kappa shape index (κ2) is 5.86. The van der Waals surface area contributed by atoms with E-state index in [1.807, 2.05) is 39.0 Å². The van der Waals surface area contributed by atoms with Crippen LogP contribution in [0.15, 0.2) is 24.5 Å². The Balaban J connectivity index is 2.37. The van der Waals surface area contributed by atoms with E-state index in [0.717, 1.165) is 16.5 Å². The number of carboxylic acid groups (broad SMARTS) is 1. The first-order valence-electron chi connectivity index (χ1n) is 6.68.